The predicted molar refractivity (Wildman–Crippen MR) is 54.5 cm³/mol. The van der Waals surface area contributed by atoms with Crippen molar-refractivity contribution in [3.8, 4) is 0 Å². The van der Waals surface area contributed by atoms with Crippen molar-refractivity contribution in [1.82, 2.24) is 5.32 Å². The van der Waals surface area contributed by atoms with Gasteiger partial charge >= 0.3 is 0 Å². The molecule has 0 bridgehead atoms. The van der Waals surface area contributed by atoms with Crippen molar-refractivity contribution < 1.29 is 4.39 Å². The molecule has 0 aromatic heterocycles. The lowest BCUT2D eigenvalue weighted by atomic mass is 9.99. The summed E-state index contributed by atoms with van der Waals surface area (Å²) in [6.45, 7) is 6.94. The summed E-state index contributed by atoms with van der Waals surface area (Å²) < 4.78 is 13.9. The first-order valence-electron chi connectivity index (χ1n) is 5.21. The monoisotopic (exact) mass is 185 g/mol. The minimum absolute atomic E-state index is 0.459. The molecule has 0 aromatic carbocycles. The maximum absolute atomic E-state index is 13.9. The number of nitrogens with one attached hydrogen (secondary N) is 1. The minimum Gasteiger partial charge on any atom is -0.313 e. The SMILES string of the molecule is C=CCC(F)(CC)CNCC1CC1. The van der Waals surface area contributed by atoms with Gasteiger partial charge in [-0.25, -0.2) is 4.39 Å². The summed E-state index contributed by atoms with van der Waals surface area (Å²) in [6.07, 6.45) is 5.33. The summed E-state index contributed by atoms with van der Waals surface area (Å²) >= 11 is 0. The Hall–Kier alpha value is -0.370. The smallest absolute Gasteiger partial charge is 0.126 e. The lowest BCUT2D eigenvalue weighted by molar-refractivity contribution is 0.156. The van der Waals surface area contributed by atoms with Gasteiger partial charge in [0.05, 0.1) is 0 Å². The second kappa shape index (κ2) is 4.75. The molecule has 0 amide bonds. The molecular weight excluding hydrogens is 165 g/mol. The molecule has 1 saturated carbocycles. The molecular formula is C11H20FN. The van der Waals surface area contributed by atoms with Gasteiger partial charge in [-0.3, -0.25) is 0 Å². The Balaban J connectivity index is 2.15. The van der Waals surface area contributed by atoms with Crippen LogP contribution in [0.1, 0.15) is 32.6 Å². The Labute approximate surface area is 80.4 Å². The van der Waals surface area contributed by atoms with Crippen molar-refractivity contribution in [2.24, 2.45) is 5.92 Å². The average molecular weight is 185 g/mol. The van der Waals surface area contributed by atoms with E-state index in [2.05, 4.69) is 11.9 Å². The molecule has 1 N–H and O–H groups in total. The van der Waals surface area contributed by atoms with E-state index in [0.29, 0.717) is 19.4 Å². The fourth-order valence-electron chi connectivity index (χ4n) is 1.42. The molecule has 76 valence electrons. The molecule has 2 heteroatoms. The van der Waals surface area contributed by atoms with Gasteiger partial charge in [0.25, 0.3) is 0 Å². The molecule has 1 fully saturated rings. The van der Waals surface area contributed by atoms with E-state index in [-0.39, 0.29) is 0 Å². The van der Waals surface area contributed by atoms with Gasteiger partial charge in [-0.2, -0.15) is 0 Å². The first-order chi connectivity index (χ1) is 6.20. The quantitative estimate of drug-likeness (QED) is 0.601. The van der Waals surface area contributed by atoms with Crippen molar-refractivity contribution in [1.29, 1.82) is 0 Å². The highest BCUT2D eigenvalue weighted by atomic mass is 19.1. The number of hydrogen-bond donors (Lipinski definition) is 1. The zero-order valence-electron chi connectivity index (χ0n) is 8.48. The maximum Gasteiger partial charge on any atom is 0.126 e. The highest BCUT2D eigenvalue weighted by molar-refractivity contribution is 4.88. The van der Waals surface area contributed by atoms with Crippen LogP contribution in [0.2, 0.25) is 0 Å². The Morgan fingerprint density at radius 2 is 2.31 bits per heavy atom. The van der Waals surface area contributed by atoms with E-state index in [1.54, 1.807) is 6.08 Å². The van der Waals surface area contributed by atoms with Crippen LogP contribution in [0.5, 0.6) is 0 Å². The number of halogens is 1. The Morgan fingerprint density at radius 3 is 2.77 bits per heavy atom. The van der Waals surface area contributed by atoms with Crippen LogP contribution in [0.15, 0.2) is 12.7 Å². The Morgan fingerprint density at radius 1 is 1.62 bits per heavy atom. The standard InChI is InChI=1S/C11H20FN/c1-3-7-11(12,4-2)9-13-8-10-5-6-10/h3,10,13H,1,4-9H2,2H3. The molecule has 0 radical (unpaired) electrons. The predicted octanol–water partition coefficient (Wildman–Crippen LogP) is 2.68. The Bertz CT molecular complexity index is 165. The molecule has 1 aliphatic carbocycles. The second-order valence-electron chi connectivity index (χ2n) is 4.07. The van der Waals surface area contributed by atoms with Crippen LogP contribution in [-0.2, 0) is 0 Å². The largest absolute Gasteiger partial charge is 0.313 e. The van der Waals surface area contributed by atoms with E-state index in [1.165, 1.54) is 12.8 Å². The average Bonchev–Trinajstić information content (AvgIpc) is 2.89. The molecule has 0 heterocycles. The third kappa shape index (κ3) is 3.90. The van der Waals surface area contributed by atoms with Gasteiger partial charge in [-0.1, -0.05) is 13.0 Å². The van der Waals surface area contributed by atoms with Crippen LogP contribution >= 0.6 is 0 Å². The first-order valence-corrected chi connectivity index (χ1v) is 5.21. The lowest BCUT2D eigenvalue weighted by Crippen LogP contribution is -2.36. The molecule has 0 saturated heterocycles. The first kappa shape index (κ1) is 10.7. The van der Waals surface area contributed by atoms with Gasteiger partial charge in [-0.15, -0.1) is 6.58 Å². The highest BCUT2D eigenvalue weighted by Crippen LogP contribution is 2.28. The van der Waals surface area contributed by atoms with Crippen molar-refractivity contribution in [3.63, 3.8) is 0 Å². The number of rotatable bonds is 7. The van der Waals surface area contributed by atoms with Crippen LogP contribution in [0.4, 0.5) is 4.39 Å². The summed E-state index contributed by atoms with van der Waals surface area (Å²) in [7, 11) is 0. The third-order valence-corrected chi connectivity index (χ3v) is 2.72. The van der Waals surface area contributed by atoms with E-state index < -0.39 is 5.67 Å². The zero-order chi connectivity index (χ0) is 9.73. The van der Waals surface area contributed by atoms with Gasteiger partial charge in [0.2, 0.25) is 0 Å². The molecule has 1 unspecified atom stereocenters. The maximum atomic E-state index is 13.9. The molecule has 1 atom stereocenters. The number of allylic oxidation sites excluding steroid dienone is 1. The molecule has 0 aliphatic heterocycles. The van der Waals surface area contributed by atoms with Gasteiger partial charge in [0.15, 0.2) is 0 Å². The summed E-state index contributed by atoms with van der Waals surface area (Å²) in [5.74, 6) is 0.824. The van der Waals surface area contributed by atoms with E-state index in [4.69, 9.17) is 0 Å². The molecule has 13 heavy (non-hydrogen) atoms. The fraction of sp³-hybridized carbons (Fsp3) is 0.818. The summed E-state index contributed by atoms with van der Waals surface area (Å²) in [6, 6.07) is 0. The van der Waals surface area contributed by atoms with Crippen LogP contribution in [0.25, 0.3) is 0 Å². The van der Waals surface area contributed by atoms with E-state index in [1.807, 2.05) is 6.92 Å². The topological polar surface area (TPSA) is 12.0 Å². The van der Waals surface area contributed by atoms with Crippen LogP contribution in [0.3, 0.4) is 0 Å². The fourth-order valence-corrected chi connectivity index (χ4v) is 1.42. The van der Waals surface area contributed by atoms with Gasteiger partial charge in [0.1, 0.15) is 5.67 Å². The van der Waals surface area contributed by atoms with Gasteiger partial charge in [0, 0.05) is 13.0 Å². The zero-order valence-corrected chi connectivity index (χ0v) is 8.48. The normalized spacial score (nSPS) is 21.1. The molecule has 0 aromatic rings. The van der Waals surface area contributed by atoms with Crippen molar-refractivity contribution >= 4 is 0 Å². The van der Waals surface area contributed by atoms with E-state index in [9.17, 15) is 4.39 Å². The van der Waals surface area contributed by atoms with Crippen LogP contribution in [0, 0.1) is 5.92 Å². The summed E-state index contributed by atoms with van der Waals surface area (Å²) in [5, 5.41) is 3.20. The molecule has 1 rings (SSSR count). The lowest BCUT2D eigenvalue weighted by Gasteiger charge is -2.22. The van der Waals surface area contributed by atoms with E-state index >= 15 is 0 Å². The van der Waals surface area contributed by atoms with Crippen LogP contribution < -0.4 is 5.32 Å². The second-order valence-corrected chi connectivity index (χ2v) is 4.07. The van der Waals surface area contributed by atoms with Gasteiger partial charge in [-0.05, 0) is 31.7 Å². The van der Waals surface area contributed by atoms with E-state index in [0.717, 1.165) is 12.5 Å². The van der Waals surface area contributed by atoms with Crippen molar-refractivity contribution in [3.05, 3.63) is 12.7 Å². The Kier molecular flexibility index (Phi) is 3.91. The van der Waals surface area contributed by atoms with Gasteiger partial charge < -0.3 is 5.32 Å². The summed E-state index contributed by atoms with van der Waals surface area (Å²) in [4.78, 5) is 0. The highest BCUT2D eigenvalue weighted by Gasteiger charge is 2.27. The molecule has 1 aliphatic rings. The van der Waals surface area contributed by atoms with Crippen molar-refractivity contribution in [2.45, 2.75) is 38.3 Å². The minimum atomic E-state index is -1.07. The summed E-state index contributed by atoms with van der Waals surface area (Å²) in [5.41, 5.74) is -1.07. The number of hydrogen-bond acceptors (Lipinski definition) is 1. The van der Waals surface area contributed by atoms with Crippen LogP contribution in [-0.4, -0.2) is 18.8 Å². The molecule has 0 spiro atoms. The van der Waals surface area contributed by atoms with Crippen molar-refractivity contribution in [2.75, 3.05) is 13.1 Å². The molecule has 1 nitrogen and oxygen atoms in total. The number of alkyl halides is 1. The third-order valence-electron chi connectivity index (χ3n) is 2.72.